The highest BCUT2D eigenvalue weighted by Gasteiger charge is 2.24. The minimum absolute atomic E-state index is 0.109. The standard InChI is InChI=1S/C12H16ClNO2S/c1-16-8-9-4-6-14(7-5-9)12(15)10-2-3-11(13)17-10/h2-3,9H,4-8H2,1H3. The van der Waals surface area contributed by atoms with Crippen LogP contribution in [0.2, 0.25) is 4.34 Å². The molecule has 0 aliphatic carbocycles. The van der Waals surface area contributed by atoms with E-state index >= 15 is 0 Å². The fraction of sp³-hybridized carbons (Fsp3) is 0.583. The van der Waals surface area contributed by atoms with Crippen LogP contribution in [0.3, 0.4) is 0 Å². The molecule has 0 spiro atoms. The summed E-state index contributed by atoms with van der Waals surface area (Å²) < 4.78 is 5.82. The van der Waals surface area contributed by atoms with Crippen molar-refractivity contribution >= 4 is 28.8 Å². The molecule has 2 heterocycles. The zero-order valence-corrected chi connectivity index (χ0v) is 11.4. The Bertz CT molecular complexity index is 386. The van der Waals surface area contributed by atoms with Crippen LogP contribution in [0.25, 0.3) is 0 Å². The Kier molecular flexibility index (Phi) is 4.42. The van der Waals surface area contributed by atoms with E-state index in [1.54, 1.807) is 19.2 Å². The van der Waals surface area contributed by atoms with Gasteiger partial charge in [-0.2, -0.15) is 0 Å². The van der Waals surface area contributed by atoms with Crippen LogP contribution >= 0.6 is 22.9 Å². The average Bonchev–Trinajstić information content (AvgIpc) is 2.76. The number of amides is 1. The van der Waals surface area contributed by atoms with E-state index in [9.17, 15) is 4.79 Å². The molecule has 0 aromatic carbocycles. The van der Waals surface area contributed by atoms with E-state index in [2.05, 4.69) is 0 Å². The lowest BCUT2D eigenvalue weighted by molar-refractivity contribution is 0.0618. The molecule has 3 nitrogen and oxygen atoms in total. The van der Waals surface area contributed by atoms with Crippen LogP contribution < -0.4 is 0 Å². The van der Waals surface area contributed by atoms with Crippen molar-refractivity contribution in [3.8, 4) is 0 Å². The maximum Gasteiger partial charge on any atom is 0.263 e. The Balaban J connectivity index is 1.90. The van der Waals surface area contributed by atoms with Gasteiger partial charge in [0.15, 0.2) is 0 Å². The fourth-order valence-corrected chi connectivity index (χ4v) is 3.13. The normalized spacial score (nSPS) is 17.4. The van der Waals surface area contributed by atoms with Gasteiger partial charge in [0.2, 0.25) is 0 Å². The number of carbonyl (C=O) groups excluding carboxylic acids is 1. The molecule has 5 heteroatoms. The lowest BCUT2D eigenvalue weighted by atomic mass is 9.98. The molecule has 1 aliphatic heterocycles. The maximum absolute atomic E-state index is 12.1. The van der Waals surface area contributed by atoms with Gasteiger partial charge in [0.05, 0.1) is 9.21 Å². The van der Waals surface area contributed by atoms with Crippen molar-refractivity contribution in [2.75, 3.05) is 26.8 Å². The lowest BCUT2D eigenvalue weighted by Gasteiger charge is -2.31. The van der Waals surface area contributed by atoms with Gasteiger partial charge in [-0.1, -0.05) is 11.6 Å². The van der Waals surface area contributed by atoms with Gasteiger partial charge in [0, 0.05) is 26.8 Å². The van der Waals surface area contributed by atoms with Crippen molar-refractivity contribution in [1.29, 1.82) is 0 Å². The zero-order chi connectivity index (χ0) is 12.3. The number of rotatable bonds is 3. The summed E-state index contributed by atoms with van der Waals surface area (Å²) >= 11 is 7.19. The SMILES string of the molecule is COCC1CCN(C(=O)c2ccc(Cl)s2)CC1. The molecule has 1 aromatic heterocycles. The molecule has 2 rings (SSSR count). The number of hydrogen-bond donors (Lipinski definition) is 0. The summed E-state index contributed by atoms with van der Waals surface area (Å²) in [7, 11) is 1.73. The molecule has 1 saturated heterocycles. The van der Waals surface area contributed by atoms with E-state index in [0.29, 0.717) is 10.3 Å². The monoisotopic (exact) mass is 273 g/mol. The van der Waals surface area contributed by atoms with Crippen molar-refractivity contribution in [1.82, 2.24) is 4.90 Å². The Labute approximate surface area is 110 Å². The van der Waals surface area contributed by atoms with Crippen LogP contribution in [0.1, 0.15) is 22.5 Å². The molecule has 1 aliphatic rings. The summed E-state index contributed by atoms with van der Waals surface area (Å²) in [5.41, 5.74) is 0. The van der Waals surface area contributed by atoms with Gasteiger partial charge in [0.25, 0.3) is 5.91 Å². The highest BCUT2D eigenvalue weighted by Crippen LogP contribution is 2.25. The smallest absolute Gasteiger partial charge is 0.263 e. The molecular weight excluding hydrogens is 258 g/mol. The molecule has 17 heavy (non-hydrogen) atoms. The second-order valence-corrected chi connectivity index (χ2v) is 6.01. The second-order valence-electron chi connectivity index (χ2n) is 4.29. The number of carbonyl (C=O) groups is 1. The molecular formula is C12H16ClNO2S. The van der Waals surface area contributed by atoms with Crippen LogP contribution in [-0.2, 0) is 4.74 Å². The minimum atomic E-state index is 0.109. The van der Waals surface area contributed by atoms with E-state index in [1.807, 2.05) is 4.90 Å². The number of likely N-dealkylation sites (tertiary alicyclic amines) is 1. The third-order valence-electron chi connectivity index (χ3n) is 3.09. The molecule has 0 saturated carbocycles. The van der Waals surface area contributed by atoms with Crippen LogP contribution in [0.4, 0.5) is 0 Å². The molecule has 0 N–H and O–H groups in total. The first kappa shape index (κ1) is 12.9. The molecule has 0 atom stereocenters. The van der Waals surface area contributed by atoms with Crippen LogP contribution in [0, 0.1) is 5.92 Å². The van der Waals surface area contributed by atoms with Crippen molar-refractivity contribution in [3.05, 3.63) is 21.3 Å². The van der Waals surface area contributed by atoms with E-state index in [-0.39, 0.29) is 5.91 Å². The van der Waals surface area contributed by atoms with Gasteiger partial charge < -0.3 is 9.64 Å². The van der Waals surface area contributed by atoms with Crippen LogP contribution in [-0.4, -0.2) is 37.6 Å². The number of methoxy groups -OCH3 is 1. The summed E-state index contributed by atoms with van der Waals surface area (Å²) in [5.74, 6) is 0.703. The first-order valence-corrected chi connectivity index (χ1v) is 6.93. The van der Waals surface area contributed by atoms with Crippen molar-refractivity contribution in [2.24, 2.45) is 5.92 Å². The predicted molar refractivity (Wildman–Crippen MR) is 69.8 cm³/mol. The third kappa shape index (κ3) is 3.21. The number of nitrogens with zero attached hydrogens (tertiary/aromatic N) is 1. The molecule has 1 amide bonds. The van der Waals surface area contributed by atoms with E-state index in [0.717, 1.165) is 37.4 Å². The Morgan fingerprint density at radius 1 is 1.53 bits per heavy atom. The number of ether oxygens (including phenoxy) is 1. The largest absolute Gasteiger partial charge is 0.384 e. The Hall–Kier alpha value is -0.580. The minimum Gasteiger partial charge on any atom is -0.384 e. The zero-order valence-electron chi connectivity index (χ0n) is 9.82. The number of halogens is 1. The maximum atomic E-state index is 12.1. The fourth-order valence-electron chi connectivity index (χ4n) is 2.12. The first-order valence-electron chi connectivity index (χ1n) is 5.74. The molecule has 1 fully saturated rings. The van der Waals surface area contributed by atoms with Crippen LogP contribution in [0.15, 0.2) is 12.1 Å². The van der Waals surface area contributed by atoms with Crippen molar-refractivity contribution in [3.63, 3.8) is 0 Å². The Morgan fingerprint density at radius 3 is 2.76 bits per heavy atom. The summed E-state index contributed by atoms with van der Waals surface area (Å²) in [6.45, 7) is 2.44. The van der Waals surface area contributed by atoms with E-state index in [1.165, 1.54) is 11.3 Å². The summed E-state index contributed by atoms with van der Waals surface area (Å²) in [4.78, 5) is 14.8. The molecule has 0 unspecified atom stereocenters. The second kappa shape index (κ2) is 5.85. The number of hydrogen-bond acceptors (Lipinski definition) is 3. The van der Waals surface area contributed by atoms with Gasteiger partial charge in [-0.15, -0.1) is 11.3 Å². The highest BCUT2D eigenvalue weighted by atomic mass is 35.5. The lowest BCUT2D eigenvalue weighted by Crippen LogP contribution is -2.39. The number of piperidine rings is 1. The predicted octanol–water partition coefficient (Wildman–Crippen LogP) is 2.90. The molecule has 1 aromatic rings. The molecule has 0 radical (unpaired) electrons. The average molecular weight is 274 g/mol. The van der Waals surface area contributed by atoms with Gasteiger partial charge >= 0.3 is 0 Å². The van der Waals surface area contributed by atoms with E-state index < -0.39 is 0 Å². The Morgan fingerprint density at radius 2 is 2.24 bits per heavy atom. The highest BCUT2D eigenvalue weighted by molar-refractivity contribution is 7.17. The topological polar surface area (TPSA) is 29.5 Å². The van der Waals surface area contributed by atoms with E-state index in [4.69, 9.17) is 16.3 Å². The summed E-state index contributed by atoms with van der Waals surface area (Å²) in [6, 6.07) is 3.58. The number of thiophene rings is 1. The summed E-state index contributed by atoms with van der Waals surface area (Å²) in [6.07, 6.45) is 2.05. The third-order valence-corrected chi connectivity index (χ3v) is 4.31. The first-order chi connectivity index (χ1) is 8.20. The van der Waals surface area contributed by atoms with Gasteiger partial charge in [-0.3, -0.25) is 4.79 Å². The van der Waals surface area contributed by atoms with Gasteiger partial charge in [0.1, 0.15) is 0 Å². The van der Waals surface area contributed by atoms with Crippen molar-refractivity contribution in [2.45, 2.75) is 12.8 Å². The van der Waals surface area contributed by atoms with Gasteiger partial charge in [-0.05, 0) is 30.9 Å². The summed E-state index contributed by atoms with van der Waals surface area (Å²) in [5, 5.41) is 0. The van der Waals surface area contributed by atoms with Crippen LogP contribution in [0.5, 0.6) is 0 Å². The molecule has 0 bridgehead atoms. The quantitative estimate of drug-likeness (QED) is 0.847. The molecule has 94 valence electrons. The van der Waals surface area contributed by atoms with Gasteiger partial charge in [-0.25, -0.2) is 0 Å². The van der Waals surface area contributed by atoms with Crippen molar-refractivity contribution < 1.29 is 9.53 Å².